The highest BCUT2D eigenvalue weighted by atomic mass is 19.4. The van der Waals surface area contributed by atoms with Crippen LogP contribution in [0.3, 0.4) is 0 Å². The average molecular weight is 644 g/mol. The molecule has 1 aromatic carbocycles. The lowest BCUT2D eigenvalue weighted by Crippen LogP contribution is -2.71. The number of fused-ring (bicyclic) bond motifs is 1. The van der Waals surface area contributed by atoms with E-state index in [1.165, 1.54) is 18.9 Å². The van der Waals surface area contributed by atoms with E-state index in [1.807, 2.05) is 27.7 Å². The number of carbonyl (C=O) groups is 2. The highest BCUT2D eigenvalue weighted by Gasteiger charge is 2.59. The molecule has 0 radical (unpaired) electrons. The van der Waals surface area contributed by atoms with Gasteiger partial charge >= 0.3 is 12.1 Å². The van der Waals surface area contributed by atoms with Gasteiger partial charge in [-0.2, -0.15) is 13.2 Å². The lowest BCUT2D eigenvalue weighted by Gasteiger charge is -2.62. The zero-order chi connectivity index (χ0) is 34.1. The van der Waals surface area contributed by atoms with Crippen LogP contribution in [0.5, 0.6) is 0 Å². The number of aromatic nitrogens is 1. The Morgan fingerprint density at radius 2 is 1.89 bits per heavy atom. The van der Waals surface area contributed by atoms with E-state index in [0.717, 1.165) is 42.7 Å². The number of nitrogens with zero attached hydrogens (tertiary/aromatic N) is 1. The molecule has 1 aromatic heterocycles. The van der Waals surface area contributed by atoms with Crippen LogP contribution in [-0.4, -0.2) is 41.7 Å². The van der Waals surface area contributed by atoms with Crippen LogP contribution in [0.1, 0.15) is 105 Å². The minimum absolute atomic E-state index is 0.0870. The Bertz CT molecular complexity index is 1370. The van der Waals surface area contributed by atoms with Crippen LogP contribution in [0, 0.1) is 5.92 Å². The second kappa shape index (κ2) is 16.1. The fourth-order valence-electron chi connectivity index (χ4n) is 5.52. The molecule has 3 aliphatic rings. The second-order valence-electron chi connectivity index (χ2n) is 10.6. The monoisotopic (exact) mass is 643 g/mol. The second-order valence-corrected chi connectivity index (χ2v) is 10.6. The molecule has 0 bridgehead atoms. The Balaban J connectivity index is 0.000000332. The summed E-state index contributed by atoms with van der Waals surface area (Å²) in [6, 6.07) is 2.46. The van der Waals surface area contributed by atoms with E-state index >= 15 is 0 Å². The summed E-state index contributed by atoms with van der Waals surface area (Å²) in [5.74, 6) is -0.975. The van der Waals surface area contributed by atoms with Crippen molar-refractivity contribution in [1.29, 1.82) is 0 Å². The molecule has 3 fully saturated rings. The van der Waals surface area contributed by atoms with Crippen molar-refractivity contribution in [2.45, 2.75) is 96.6 Å². The molecule has 0 spiro atoms. The molecule has 8 nitrogen and oxygen atoms in total. The number of hydrogen-bond acceptors (Lipinski definition) is 7. The van der Waals surface area contributed by atoms with E-state index in [9.17, 15) is 26.7 Å². The van der Waals surface area contributed by atoms with Gasteiger partial charge in [0.15, 0.2) is 0 Å². The van der Waals surface area contributed by atoms with Crippen LogP contribution in [0.2, 0.25) is 0 Å². The minimum atomic E-state index is -4.63. The fourth-order valence-corrected chi connectivity index (χ4v) is 5.52. The van der Waals surface area contributed by atoms with Crippen molar-refractivity contribution in [3.05, 3.63) is 64.1 Å². The quantitative estimate of drug-likeness (QED) is 0.143. The molecule has 0 amide bonds. The number of alkyl halides is 3. The molecule has 5 rings (SSSR count). The van der Waals surface area contributed by atoms with E-state index in [2.05, 4.69) is 10.5 Å². The molecule has 0 aliphatic heterocycles. The number of nitrogens with one attached hydrogen (secondary N) is 1. The Morgan fingerprint density at radius 3 is 2.33 bits per heavy atom. The van der Waals surface area contributed by atoms with Crippen molar-refractivity contribution in [1.82, 2.24) is 10.5 Å². The zero-order valence-corrected chi connectivity index (χ0v) is 26.2. The van der Waals surface area contributed by atoms with E-state index in [4.69, 9.17) is 24.9 Å². The summed E-state index contributed by atoms with van der Waals surface area (Å²) < 4.78 is 77.3. The van der Waals surface area contributed by atoms with Crippen LogP contribution in [0.25, 0.3) is 5.57 Å². The summed E-state index contributed by atoms with van der Waals surface area (Å²) in [6.07, 6.45) is 2.34. The maximum Gasteiger partial charge on any atom is 0.418 e. The lowest BCUT2D eigenvalue weighted by molar-refractivity contribution is -0.168. The summed E-state index contributed by atoms with van der Waals surface area (Å²) in [4.78, 5) is 18.4. The number of allylic oxidation sites excluding steroid dienone is 4. The van der Waals surface area contributed by atoms with E-state index in [0.29, 0.717) is 24.5 Å². The Morgan fingerprint density at radius 1 is 1.24 bits per heavy atom. The predicted molar refractivity (Wildman–Crippen MR) is 161 cm³/mol. The molecule has 3 aliphatic carbocycles. The number of halogens is 5. The highest BCUT2D eigenvalue weighted by molar-refractivity contribution is 5.88. The largest absolute Gasteiger partial charge is 0.478 e. The summed E-state index contributed by atoms with van der Waals surface area (Å²) in [6.45, 7) is 9.51. The number of rotatable bonds is 9. The molecule has 4 N–H and O–H groups in total. The number of carboxylic acids is 1. The first-order valence-electron chi connectivity index (χ1n) is 14.9. The summed E-state index contributed by atoms with van der Waals surface area (Å²) in [7, 11) is 2.01. The Labute approximate surface area is 259 Å². The normalized spacial score (nSPS) is 22.4. The highest BCUT2D eigenvalue weighted by Crippen LogP contribution is 2.55. The molecule has 0 saturated heterocycles. The smallest absolute Gasteiger partial charge is 0.418 e. The van der Waals surface area contributed by atoms with Gasteiger partial charge in [0.1, 0.15) is 29.9 Å². The molecular formula is C32H42F5N3O5. The van der Waals surface area contributed by atoms with Gasteiger partial charge in [0.2, 0.25) is 0 Å². The maximum absolute atomic E-state index is 14.5. The molecule has 3 atom stereocenters. The van der Waals surface area contributed by atoms with E-state index in [-0.39, 0.29) is 29.3 Å². The van der Waals surface area contributed by atoms with Gasteiger partial charge in [0, 0.05) is 28.6 Å². The van der Waals surface area contributed by atoms with Crippen molar-refractivity contribution in [3.63, 3.8) is 0 Å². The standard InChI is InChI=1S/C21H28F2N2O2.C8H6F3NO2.C2H6.CH2O/c1-4-15(22)18(16(23)5-2)19-13(20(27-25-19)12-6-7-12)11-26-17-10-21(24-3)9-8-14(17)21;9-8(10,11)5-3-4(7(13)14)1-2-6(5)12;2*1-2/h4,12,14,17,24H,5-11H2,1-3H3;1-3H,12H2,(H,13,14);1-2H3;1H2/b15-4+,18-16-;;;. The SMILES string of the molecule is C/C=C(F)\C(=C(\F)CC)c1noc(C2CC2)c1COC1CC2(NC)CCC12.C=O.CC.Nc1ccc(C(=O)O)cc1C(F)(F)F. The van der Waals surface area contributed by atoms with E-state index in [1.54, 1.807) is 13.8 Å². The number of benzene rings is 1. The average Bonchev–Trinajstić information content (AvgIpc) is 3.79. The van der Waals surface area contributed by atoms with Crippen LogP contribution >= 0.6 is 0 Å². The number of carbonyl (C=O) groups excluding carboxylic acids is 1. The van der Waals surface area contributed by atoms with Gasteiger partial charge in [-0.15, -0.1) is 0 Å². The number of nitrogens with two attached hydrogens (primary N) is 1. The first kappa shape index (κ1) is 37.6. The van der Waals surface area contributed by atoms with Crippen LogP contribution in [0.15, 0.2) is 40.5 Å². The topological polar surface area (TPSA) is 128 Å². The Hall–Kier alpha value is -3.58. The number of aromatic carboxylic acids is 1. The van der Waals surface area contributed by atoms with Crippen molar-refractivity contribution >= 4 is 24.0 Å². The molecule has 3 saturated carbocycles. The van der Waals surface area contributed by atoms with Crippen LogP contribution in [0.4, 0.5) is 27.6 Å². The third kappa shape index (κ3) is 8.37. The fraction of sp³-hybridized carbons (Fsp3) is 0.531. The van der Waals surface area contributed by atoms with E-state index < -0.39 is 40.6 Å². The molecule has 13 heteroatoms. The van der Waals surface area contributed by atoms with Crippen LogP contribution < -0.4 is 11.1 Å². The van der Waals surface area contributed by atoms with Crippen molar-refractivity contribution in [2.75, 3.05) is 12.8 Å². The third-order valence-electron chi connectivity index (χ3n) is 8.25. The number of ether oxygens (including phenoxy) is 1. The molecular weight excluding hydrogens is 601 g/mol. The summed E-state index contributed by atoms with van der Waals surface area (Å²) in [5, 5.41) is 16.0. The number of carboxylic acid groups (broad SMARTS) is 1. The lowest BCUT2D eigenvalue weighted by atomic mass is 9.51. The predicted octanol–water partition coefficient (Wildman–Crippen LogP) is 8.00. The minimum Gasteiger partial charge on any atom is -0.478 e. The van der Waals surface area contributed by atoms with Gasteiger partial charge in [-0.05, 0) is 70.7 Å². The molecule has 1 heterocycles. The maximum atomic E-state index is 14.5. The van der Waals surface area contributed by atoms with Gasteiger partial charge in [-0.3, -0.25) is 0 Å². The number of anilines is 1. The van der Waals surface area contributed by atoms with Crippen molar-refractivity contribution < 1.29 is 45.9 Å². The van der Waals surface area contributed by atoms with Crippen molar-refractivity contribution in [3.8, 4) is 0 Å². The Kier molecular flexibility index (Phi) is 13.5. The van der Waals surface area contributed by atoms with Crippen LogP contribution in [-0.2, 0) is 22.3 Å². The third-order valence-corrected chi connectivity index (χ3v) is 8.25. The van der Waals surface area contributed by atoms with Gasteiger partial charge < -0.3 is 30.2 Å². The summed E-state index contributed by atoms with van der Waals surface area (Å²) in [5.41, 5.74) is 4.15. The zero-order valence-electron chi connectivity index (χ0n) is 26.2. The first-order chi connectivity index (χ1) is 21.4. The molecule has 45 heavy (non-hydrogen) atoms. The van der Waals surface area contributed by atoms with Gasteiger partial charge in [-0.1, -0.05) is 32.0 Å². The molecule has 2 aromatic rings. The molecule has 250 valence electrons. The van der Waals surface area contributed by atoms with Gasteiger partial charge in [0.25, 0.3) is 0 Å². The van der Waals surface area contributed by atoms with Gasteiger partial charge in [0.05, 0.1) is 29.4 Å². The molecule has 3 unspecified atom stereocenters. The summed E-state index contributed by atoms with van der Waals surface area (Å²) >= 11 is 0. The van der Waals surface area contributed by atoms with Crippen molar-refractivity contribution in [2.24, 2.45) is 5.92 Å². The van der Waals surface area contributed by atoms with Gasteiger partial charge in [-0.25, -0.2) is 13.6 Å². The number of hydrogen-bond donors (Lipinski definition) is 3. The number of nitrogen functional groups attached to an aromatic ring is 1. The first-order valence-corrected chi connectivity index (χ1v) is 14.9.